The minimum atomic E-state index is -3.42. The monoisotopic (exact) mass is 303 g/mol. The molecule has 2 atom stereocenters. The summed E-state index contributed by atoms with van der Waals surface area (Å²) in [5, 5.41) is 0.0577. The molecule has 1 heterocycles. The molecule has 19 heavy (non-hydrogen) atoms. The zero-order valence-electron chi connectivity index (χ0n) is 11.0. The highest BCUT2D eigenvalue weighted by Crippen LogP contribution is 2.27. The van der Waals surface area contributed by atoms with E-state index in [-0.39, 0.29) is 11.3 Å². The number of ether oxygens (including phenoxy) is 1. The topological polar surface area (TPSA) is 46.6 Å². The van der Waals surface area contributed by atoms with Gasteiger partial charge in [0.15, 0.2) is 0 Å². The Morgan fingerprint density at radius 3 is 2.47 bits per heavy atom. The minimum absolute atomic E-state index is 0.0577. The second kappa shape index (κ2) is 5.69. The van der Waals surface area contributed by atoms with E-state index in [4.69, 9.17) is 16.3 Å². The van der Waals surface area contributed by atoms with Crippen LogP contribution in [0, 0.1) is 5.92 Å². The molecule has 1 aromatic carbocycles. The summed E-state index contributed by atoms with van der Waals surface area (Å²) in [5.74, 6) is 0.815. The molecule has 1 aliphatic rings. The molecule has 0 aromatic heterocycles. The Morgan fingerprint density at radius 1 is 1.32 bits per heavy atom. The Labute approximate surface area is 119 Å². The molecule has 0 bridgehead atoms. The van der Waals surface area contributed by atoms with Crippen molar-refractivity contribution >= 4 is 21.6 Å². The van der Waals surface area contributed by atoms with E-state index >= 15 is 0 Å². The van der Waals surface area contributed by atoms with Gasteiger partial charge in [-0.2, -0.15) is 4.31 Å². The molecular weight excluding hydrogens is 286 g/mol. The first-order valence-corrected chi connectivity index (χ1v) is 8.11. The van der Waals surface area contributed by atoms with Gasteiger partial charge in [0.05, 0.1) is 12.0 Å². The summed E-state index contributed by atoms with van der Waals surface area (Å²) in [6.45, 7) is 2.93. The van der Waals surface area contributed by atoms with Crippen LogP contribution in [0.1, 0.15) is 13.3 Å². The van der Waals surface area contributed by atoms with Crippen molar-refractivity contribution in [1.82, 2.24) is 4.31 Å². The van der Waals surface area contributed by atoms with Gasteiger partial charge in [-0.3, -0.25) is 0 Å². The SMILES string of the molecule is COc1ccc(S(=O)(=O)N2CCC(Cl)C(C)C2)cc1. The largest absolute Gasteiger partial charge is 0.497 e. The van der Waals surface area contributed by atoms with E-state index in [2.05, 4.69) is 0 Å². The molecule has 106 valence electrons. The van der Waals surface area contributed by atoms with Gasteiger partial charge in [0, 0.05) is 18.5 Å². The minimum Gasteiger partial charge on any atom is -0.497 e. The maximum atomic E-state index is 12.5. The van der Waals surface area contributed by atoms with Crippen molar-refractivity contribution in [3.63, 3.8) is 0 Å². The smallest absolute Gasteiger partial charge is 0.243 e. The lowest BCUT2D eigenvalue weighted by Gasteiger charge is -2.33. The molecule has 6 heteroatoms. The van der Waals surface area contributed by atoms with Crippen LogP contribution in [0.5, 0.6) is 5.75 Å². The number of nitrogens with zero attached hydrogens (tertiary/aromatic N) is 1. The molecule has 1 aliphatic heterocycles. The molecule has 0 aliphatic carbocycles. The fourth-order valence-corrected chi connectivity index (χ4v) is 3.93. The number of sulfonamides is 1. The van der Waals surface area contributed by atoms with E-state index in [1.165, 1.54) is 4.31 Å². The van der Waals surface area contributed by atoms with E-state index < -0.39 is 10.0 Å². The molecule has 4 nitrogen and oxygen atoms in total. The molecule has 0 N–H and O–H groups in total. The van der Waals surface area contributed by atoms with Gasteiger partial charge in [-0.25, -0.2) is 8.42 Å². The summed E-state index contributed by atoms with van der Waals surface area (Å²) in [5.41, 5.74) is 0. The predicted octanol–water partition coefficient (Wildman–Crippen LogP) is 2.33. The molecule has 0 saturated carbocycles. The van der Waals surface area contributed by atoms with Crippen LogP contribution in [0.25, 0.3) is 0 Å². The van der Waals surface area contributed by atoms with Crippen molar-refractivity contribution in [2.75, 3.05) is 20.2 Å². The molecule has 1 aromatic rings. The van der Waals surface area contributed by atoms with E-state index in [1.54, 1.807) is 31.4 Å². The van der Waals surface area contributed by atoms with Crippen molar-refractivity contribution in [3.05, 3.63) is 24.3 Å². The molecule has 0 spiro atoms. The van der Waals surface area contributed by atoms with Gasteiger partial charge < -0.3 is 4.74 Å². The molecule has 0 amide bonds. The first-order chi connectivity index (χ1) is 8.95. The van der Waals surface area contributed by atoms with Crippen LogP contribution in [-0.2, 0) is 10.0 Å². The van der Waals surface area contributed by atoms with Crippen LogP contribution in [0.4, 0.5) is 0 Å². The number of rotatable bonds is 3. The van der Waals surface area contributed by atoms with Gasteiger partial charge in [0.2, 0.25) is 10.0 Å². The lowest BCUT2D eigenvalue weighted by atomic mass is 10.0. The number of methoxy groups -OCH3 is 1. The Balaban J connectivity index is 2.21. The quantitative estimate of drug-likeness (QED) is 0.805. The lowest BCUT2D eigenvalue weighted by Crippen LogP contribution is -2.43. The van der Waals surface area contributed by atoms with Crippen LogP contribution in [0.15, 0.2) is 29.2 Å². The van der Waals surface area contributed by atoms with Gasteiger partial charge >= 0.3 is 0 Å². The van der Waals surface area contributed by atoms with Gasteiger partial charge in [-0.05, 0) is 36.6 Å². The molecule has 0 radical (unpaired) electrons. The standard InChI is InChI=1S/C13H18ClNO3S/c1-10-9-15(8-7-13(10)14)19(16,17)12-5-3-11(18-2)4-6-12/h3-6,10,13H,7-9H2,1-2H3. The molecule has 2 rings (SSSR count). The van der Waals surface area contributed by atoms with Crippen LogP contribution in [-0.4, -0.2) is 38.3 Å². The summed E-state index contributed by atoms with van der Waals surface area (Å²) in [6.07, 6.45) is 0.693. The number of benzene rings is 1. The van der Waals surface area contributed by atoms with Crippen LogP contribution in [0.3, 0.4) is 0 Å². The van der Waals surface area contributed by atoms with Gasteiger partial charge in [-0.1, -0.05) is 6.92 Å². The number of piperidine rings is 1. The summed E-state index contributed by atoms with van der Waals surface area (Å²) >= 11 is 6.13. The Hall–Kier alpha value is -0.780. The van der Waals surface area contributed by atoms with E-state index in [0.717, 1.165) is 0 Å². The van der Waals surface area contributed by atoms with Crippen molar-refractivity contribution in [3.8, 4) is 5.75 Å². The Kier molecular flexibility index (Phi) is 4.38. The first-order valence-electron chi connectivity index (χ1n) is 6.23. The fourth-order valence-electron chi connectivity index (χ4n) is 2.19. The zero-order chi connectivity index (χ0) is 14.0. The molecular formula is C13H18ClNO3S. The number of halogens is 1. The van der Waals surface area contributed by atoms with Crippen LogP contribution >= 0.6 is 11.6 Å². The highest BCUT2D eigenvalue weighted by atomic mass is 35.5. The average Bonchev–Trinajstić information content (AvgIpc) is 2.41. The highest BCUT2D eigenvalue weighted by molar-refractivity contribution is 7.89. The van der Waals surface area contributed by atoms with Crippen molar-refractivity contribution in [1.29, 1.82) is 0 Å². The van der Waals surface area contributed by atoms with Crippen LogP contribution < -0.4 is 4.74 Å². The third-order valence-corrected chi connectivity index (χ3v) is 5.99. The highest BCUT2D eigenvalue weighted by Gasteiger charge is 2.32. The summed E-state index contributed by atoms with van der Waals surface area (Å²) < 4.78 is 31.5. The van der Waals surface area contributed by atoms with Crippen molar-refractivity contribution in [2.45, 2.75) is 23.6 Å². The molecule has 1 saturated heterocycles. The zero-order valence-corrected chi connectivity index (χ0v) is 12.6. The normalized spacial score (nSPS) is 25.2. The number of hydrogen-bond donors (Lipinski definition) is 0. The van der Waals surface area contributed by atoms with Gasteiger partial charge in [0.25, 0.3) is 0 Å². The first kappa shape index (κ1) is 14.6. The van der Waals surface area contributed by atoms with Crippen molar-refractivity contribution < 1.29 is 13.2 Å². The van der Waals surface area contributed by atoms with E-state index in [1.807, 2.05) is 6.92 Å². The molecule has 1 fully saturated rings. The lowest BCUT2D eigenvalue weighted by molar-refractivity contribution is 0.286. The maximum Gasteiger partial charge on any atom is 0.243 e. The maximum absolute atomic E-state index is 12.5. The number of alkyl halides is 1. The summed E-state index contributed by atoms with van der Waals surface area (Å²) in [7, 11) is -1.87. The third-order valence-electron chi connectivity index (χ3n) is 3.46. The Morgan fingerprint density at radius 2 is 1.95 bits per heavy atom. The second-order valence-electron chi connectivity index (χ2n) is 4.82. The summed E-state index contributed by atoms with van der Waals surface area (Å²) in [4.78, 5) is 0.300. The predicted molar refractivity (Wildman–Crippen MR) is 75.2 cm³/mol. The van der Waals surface area contributed by atoms with Crippen molar-refractivity contribution in [2.24, 2.45) is 5.92 Å². The fraction of sp³-hybridized carbons (Fsp3) is 0.538. The molecule has 2 unspecified atom stereocenters. The van der Waals surface area contributed by atoms with Crippen LogP contribution in [0.2, 0.25) is 0 Å². The van der Waals surface area contributed by atoms with Gasteiger partial charge in [-0.15, -0.1) is 11.6 Å². The van der Waals surface area contributed by atoms with E-state index in [0.29, 0.717) is 30.2 Å². The second-order valence-corrected chi connectivity index (χ2v) is 7.32. The number of hydrogen-bond acceptors (Lipinski definition) is 3. The Bertz CT molecular complexity index is 529. The third kappa shape index (κ3) is 3.04. The van der Waals surface area contributed by atoms with E-state index in [9.17, 15) is 8.42 Å². The summed E-state index contributed by atoms with van der Waals surface area (Å²) in [6, 6.07) is 6.46. The van der Waals surface area contributed by atoms with Gasteiger partial charge in [0.1, 0.15) is 5.75 Å². The average molecular weight is 304 g/mol.